The van der Waals surface area contributed by atoms with Gasteiger partial charge in [0.05, 0.1) is 6.10 Å². The van der Waals surface area contributed by atoms with Gasteiger partial charge in [-0.15, -0.1) is 4.98 Å². The van der Waals surface area contributed by atoms with E-state index in [0.29, 0.717) is 11.7 Å². The molecule has 1 heterocycles. The molecule has 0 amide bonds. The van der Waals surface area contributed by atoms with Gasteiger partial charge in [-0.3, -0.25) is 0 Å². The van der Waals surface area contributed by atoms with E-state index in [0.717, 1.165) is 13.0 Å². The third-order valence-corrected chi connectivity index (χ3v) is 2.42. The first-order chi connectivity index (χ1) is 10.2. The van der Waals surface area contributed by atoms with Gasteiger partial charge in [-0.05, 0) is 32.4 Å². The second kappa shape index (κ2) is 7.42. The number of hydrogen-bond donors (Lipinski definition) is 1. The van der Waals surface area contributed by atoms with Gasteiger partial charge >= 0.3 is 12.0 Å². The van der Waals surface area contributed by atoms with E-state index in [1.165, 1.54) is 0 Å². The second-order valence-electron chi connectivity index (χ2n) is 4.73. The number of benzene rings is 1. The lowest BCUT2D eigenvalue weighted by atomic mass is 10.3. The number of nitrogens with one attached hydrogen (secondary N) is 1. The van der Waals surface area contributed by atoms with Gasteiger partial charge in [0.1, 0.15) is 5.75 Å². The molecule has 0 fully saturated rings. The SMILES string of the molecule is CCCNc1nc(Oc2ccccc2)nc(OC(C)C)n1. The maximum Gasteiger partial charge on any atom is 0.330 e. The van der Waals surface area contributed by atoms with Gasteiger partial charge < -0.3 is 14.8 Å². The topological polar surface area (TPSA) is 69.2 Å². The molecule has 6 nitrogen and oxygen atoms in total. The monoisotopic (exact) mass is 288 g/mol. The van der Waals surface area contributed by atoms with Gasteiger partial charge in [0, 0.05) is 6.54 Å². The molecule has 0 radical (unpaired) electrons. The van der Waals surface area contributed by atoms with Crippen LogP contribution in [0.3, 0.4) is 0 Å². The molecule has 0 saturated carbocycles. The largest absolute Gasteiger partial charge is 0.461 e. The van der Waals surface area contributed by atoms with Crippen LogP contribution in [0.15, 0.2) is 30.3 Å². The van der Waals surface area contributed by atoms with Crippen molar-refractivity contribution in [1.82, 2.24) is 15.0 Å². The molecule has 0 aliphatic heterocycles. The first-order valence-corrected chi connectivity index (χ1v) is 7.07. The summed E-state index contributed by atoms with van der Waals surface area (Å²) in [4.78, 5) is 12.6. The highest BCUT2D eigenvalue weighted by molar-refractivity contribution is 5.30. The van der Waals surface area contributed by atoms with E-state index in [1.54, 1.807) is 0 Å². The smallest absolute Gasteiger partial charge is 0.330 e. The predicted octanol–water partition coefficient (Wildman–Crippen LogP) is 3.27. The molecule has 0 saturated heterocycles. The lowest BCUT2D eigenvalue weighted by Gasteiger charge is -2.11. The van der Waals surface area contributed by atoms with Crippen molar-refractivity contribution < 1.29 is 9.47 Å². The molecule has 0 bridgehead atoms. The number of rotatable bonds is 7. The number of anilines is 1. The fourth-order valence-electron chi connectivity index (χ4n) is 1.56. The maximum absolute atomic E-state index is 5.64. The van der Waals surface area contributed by atoms with Crippen molar-refractivity contribution in [2.75, 3.05) is 11.9 Å². The number of para-hydroxylation sites is 1. The van der Waals surface area contributed by atoms with E-state index < -0.39 is 0 Å². The summed E-state index contributed by atoms with van der Waals surface area (Å²) in [5.74, 6) is 1.12. The summed E-state index contributed by atoms with van der Waals surface area (Å²) in [5.41, 5.74) is 0. The van der Waals surface area contributed by atoms with Crippen molar-refractivity contribution in [3.05, 3.63) is 30.3 Å². The zero-order valence-corrected chi connectivity index (χ0v) is 12.5. The fourth-order valence-corrected chi connectivity index (χ4v) is 1.56. The van der Waals surface area contributed by atoms with Gasteiger partial charge in [-0.2, -0.15) is 9.97 Å². The minimum atomic E-state index is -0.0176. The number of nitrogens with zero attached hydrogens (tertiary/aromatic N) is 3. The van der Waals surface area contributed by atoms with Crippen molar-refractivity contribution in [2.24, 2.45) is 0 Å². The molecule has 112 valence electrons. The Kier molecular flexibility index (Phi) is 5.31. The van der Waals surface area contributed by atoms with E-state index in [4.69, 9.17) is 9.47 Å². The third kappa shape index (κ3) is 4.91. The van der Waals surface area contributed by atoms with Crippen molar-refractivity contribution >= 4 is 5.95 Å². The van der Waals surface area contributed by atoms with Crippen molar-refractivity contribution in [1.29, 1.82) is 0 Å². The van der Waals surface area contributed by atoms with Crippen molar-refractivity contribution in [2.45, 2.75) is 33.3 Å². The summed E-state index contributed by atoms with van der Waals surface area (Å²) in [6, 6.07) is 9.84. The molecule has 6 heteroatoms. The zero-order chi connectivity index (χ0) is 15.1. The molecule has 0 aliphatic rings. The summed E-state index contributed by atoms with van der Waals surface area (Å²) in [6.45, 7) is 6.68. The molecule has 0 unspecified atom stereocenters. The molecular weight excluding hydrogens is 268 g/mol. The van der Waals surface area contributed by atoms with Crippen molar-refractivity contribution in [3.8, 4) is 17.8 Å². The average molecular weight is 288 g/mol. The molecule has 0 atom stereocenters. The van der Waals surface area contributed by atoms with E-state index >= 15 is 0 Å². The molecule has 2 rings (SSSR count). The first-order valence-electron chi connectivity index (χ1n) is 7.07. The highest BCUT2D eigenvalue weighted by Gasteiger charge is 2.10. The van der Waals surface area contributed by atoms with Gasteiger partial charge in [0.15, 0.2) is 0 Å². The second-order valence-corrected chi connectivity index (χ2v) is 4.73. The van der Waals surface area contributed by atoms with Crippen LogP contribution in [0.2, 0.25) is 0 Å². The molecule has 0 spiro atoms. The predicted molar refractivity (Wildman–Crippen MR) is 80.9 cm³/mol. The molecule has 1 aromatic heterocycles. The number of ether oxygens (including phenoxy) is 2. The van der Waals surface area contributed by atoms with E-state index in [1.807, 2.05) is 44.2 Å². The molecule has 1 aromatic carbocycles. The maximum atomic E-state index is 5.64. The Morgan fingerprint density at radius 3 is 2.43 bits per heavy atom. The van der Waals surface area contributed by atoms with Crippen LogP contribution in [0, 0.1) is 0 Å². The van der Waals surface area contributed by atoms with Crippen LogP contribution in [0.25, 0.3) is 0 Å². The Balaban J connectivity index is 2.21. The van der Waals surface area contributed by atoms with Crippen molar-refractivity contribution in [3.63, 3.8) is 0 Å². The highest BCUT2D eigenvalue weighted by atomic mass is 16.5. The van der Waals surface area contributed by atoms with Crippen LogP contribution in [0.4, 0.5) is 5.95 Å². The molecule has 2 aromatic rings. The minimum absolute atomic E-state index is 0.0176. The van der Waals surface area contributed by atoms with Gasteiger partial charge in [0.25, 0.3) is 0 Å². The summed E-state index contributed by atoms with van der Waals surface area (Å²) in [5, 5.41) is 3.11. The lowest BCUT2D eigenvalue weighted by molar-refractivity contribution is 0.218. The van der Waals surface area contributed by atoms with Crippen LogP contribution >= 0.6 is 0 Å². The zero-order valence-electron chi connectivity index (χ0n) is 12.5. The Bertz CT molecular complexity index is 561. The molecule has 21 heavy (non-hydrogen) atoms. The Morgan fingerprint density at radius 1 is 1.05 bits per heavy atom. The van der Waals surface area contributed by atoms with E-state index in [2.05, 4.69) is 27.2 Å². The quantitative estimate of drug-likeness (QED) is 0.843. The number of hydrogen-bond acceptors (Lipinski definition) is 6. The summed E-state index contributed by atoms with van der Waals surface area (Å²) < 4.78 is 11.2. The third-order valence-electron chi connectivity index (χ3n) is 2.42. The fraction of sp³-hybridized carbons (Fsp3) is 0.400. The highest BCUT2D eigenvalue weighted by Crippen LogP contribution is 2.20. The molecule has 1 N–H and O–H groups in total. The number of aromatic nitrogens is 3. The van der Waals surface area contributed by atoms with Gasteiger partial charge in [-0.25, -0.2) is 0 Å². The standard InChI is InChI=1S/C15H20N4O2/c1-4-10-16-13-17-14(20-11(2)3)19-15(18-13)21-12-8-6-5-7-9-12/h5-9,11H,4,10H2,1-3H3,(H,16,17,18,19). The summed E-state index contributed by atoms with van der Waals surface area (Å²) in [6.07, 6.45) is 0.956. The van der Waals surface area contributed by atoms with E-state index in [9.17, 15) is 0 Å². The first kappa shape index (κ1) is 15.0. The molecule has 0 aliphatic carbocycles. The van der Waals surface area contributed by atoms with Crippen LogP contribution in [0.5, 0.6) is 17.8 Å². The van der Waals surface area contributed by atoms with Gasteiger partial charge in [0.2, 0.25) is 5.95 Å². The van der Waals surface area contributed by atoms with E-state index in [-0.39, 0.29) is 18.1 Å². The van der Waals surface area contributed by atoms with Gasteiger partial charge in [-0.1, -0.05) is 25.1 Å². The molecular formula is C15H20N4O2. The van der Waals surface area contributed by atoms with Crippen LogP contribution in [-0.2, 0) is 0 Å². The summed E-state index contributed by atoms with van der Waals surface area (Å²) >= 11 is 0. The Morgan fingerprint density at radius 2 is 1.76 bits per heavy atom. The average Bonchev–Trinajstić information content (AvgIpc) is 2.45. The van der Waals surface area contributed by atoms with Crippen LogP contribution in [-0.4, -0.2) is 27.6 Å². The van der Waals surface area contributed by atoms with Crippen LogP contribution in [0.1, 0.15) is 27.2 Å². The normalized spacial score (nSPS) is 10.5. The summed E-state index contributed by atoms with van der Waals surface area (Å²) in [7, 11) is 0. The minimum Gasteiger partial charge on any atom is -0.461 e. The van der Waals surface area contributed by atoms with Crippen LogP contribution < -0.4 is 14.8 Å². The Labute approximate surface area is 124 Å². The lowest BCUT2D eigenvalue weighted by Crippen LogP contribution is -2.12. The Hall–Kier alpha value is -2.37.